The summed E-state index contributed by atoms with van der Waals surface area (Å²) in [4.78, 5) is 35.7. The fourth-order valence-electron chi connectivity index (χ4n) is 5.26. The molecule has 1 aromatic rings. The average Bonchev–Trinajstić information content (AvgIpc) is 3.57. The highest BCUT2D eigenvalue weighted by atomic mass is 32.1. The number of allylic oxidation sites excluding steroid dienone is 6. The SMILES string of the molecule is O=C(c1nccs1)N1CCN(C2CC(=O)N(C3=CCC45C=CC=CC4=COC5=C3)C2)CC1. The van der Waals surface area contributed by atoms with E-state index in [4.69, 9.17) is 4.74 Å². The molecule has 164 valence electrons. The average molecular weight is 449 g/mol. The van der Waals surface area contributed by atoms with Crippen LogP contribution in [-0.4, -0.2) is 70.3 Å². The van der Waals surface area contributed by atoms with Gasteiger partial charge >= 0.3 is 0 Å². The molecule has 2 fully saturated rings. The summed E-state index contributed by atoms with van der Waals surface area (Å²) in [6.45, 7) is 3.57. The number of rotatable bonds is 3. The van der Waals surface area contributed by atoms with Crippen molar-refractivity contribution in [2.24, 2.45) is 5.41 Å². The Labute approximate surface area is 190 Å². The van der Waals surface area contributed by atoms with Crippen molar-refractivity contribution in [2.75, 3.05) is 32.7 Å². The first-order valence-corrected chi connectivity index (χ1v) is 11.9. The Morgan fingerprint density at radius 1 is 1.22 bits per heavy atom. The molecule has 5 aliphatic rings. The number of nitrogens with zero attached hydrogens (tertiary/aromatic N) is 4. The van der Waals surface area contributed by atoms with Crippen molar-refractivity contribution in [3.8, 4) is 0 Å². The molecule has 1 spiro atoms. The van der Waals surface area contributed by atoms with E-state index in [1.54, 1.807) is 6.20 Å². The Morgan fingerprint density at radius 2 is 2.09 bits per heavy atom. The number of hydrogen-bond donors (Lipinski definition) is 0. The number of piperazine rings is 1. The molecule has 7 nitrogen and oxygen atoms in total. The maximum Gasteiger partial charge on any atom is 0.282 e. The molecule has 2 atom stereocenters. The number of likely N-dealkylation sites (tertiary alicyclic amines) is 1. The van der Waals surface area contributed by atoms with Gasteiger partial charge in [0.15, 0.2) is 5.01 Å². The fraction of sp³-hybridized carbons (Fsp3) is 0.375. The standard InChI is InChI=1S/C24H24N4O3S/c29-21-14-19(26-8-10-27(11-9-26)23(30)22-25-7-12-32-22)15-28(21)18-4-6-24-5-2-1-3-17(24)16-31-20(24)13-18/h1-5,7,12-13,16,19H,6,8-11,14-15H2. The number of carbonyl (C=O) groups is 2. The summed E-state index contributed by atoms with van der Waals surface area (Å²) in [6.07, 6.45) is 17.4. The van der Waals surface area contributed by atoms with Crippen molar-refractivity contribution < 1.29 is 14.3 Å². The van der Waals surface area contributed by atoms with E-state index in [0.717, 1.165) is 36.5 Å². The number of ether oxygens (including phenoxy) is 1. The summed E-state index contributed by atoms with van der Waals surface area (Å²) in [7, 11) is 0. The van der Waals surface area contributed by atoms with Crippen LogP contribution in [0.3, 0.4) is 0 Å². The predicted molar refractivity (Wildman–Crippen MR) is 120 cm³/mol. The lowest BCUT2D eigenvalue weighted by Gasteiger charge is -2.37. The minimum absolute atomic E-state index is 0.00726. The van der Waals surface area contributed by atoms with Crippen LogP contribution in [0, 0.1) is 5.41 Å². The first-order chi connectivity index (χ1) is 15.6. The summed E-state index contributed by atoms with van der Waals surface area (Å²) in [5.41, 5.74) is 1.89. The number of amides is 2. The third kappa shape index (κ3) is 3.09. The van der Waals surface area contributed by atoms with Gasteiger partial charge in [0.05, 0.1) is 11.7 Å². The van der Waals surface area contributed by atoms with Gasteiger partial charge in [0, 0.05) is 74.1 Å². The fourth-order valence-corrected chi connectivity index (χ4v) is 5.86. The minimum atomic E-state index is -0.208. The molecule has 32 heavy (non-hydrogen) atoms. The van der Waals surface area contributed by atoms with Crippen LogP contribution in [0.2, 0.25) is 0 Å². The molecular formula is C24H24N4O3S. The summed E-state index contributed by atoms with van der Waals surface area (Å²) in [6, 6.07) is 0.172. The van der Waals surface area contributed by atoms with Crippen LogP contribution < -0.4 is 0 Å². The summed E-state index contributed by atoms with van der Waals surface area (Å²) in [5.74, 6) is 1.06. The van der Waals surface area contributed by atoms with Gasteiger partial charge < -0.3 is 14.5 Å². The van der Waals surface area contributed by atoms with Crippen molar-refractivity contribution in [1.29, 1.82) is 0 Å². The molecule has 0 radical (unpaired) electrons. The normalized spacial score (nSPS) is 29.3. The van der Waals surface area contributed by atoms with Crippen LogP contribution in [0.5, 0.6) is 0 Å². The minimum Gasteiger partial charge on any atom is -0.468 e. The van der Waals surface area contributed by atoms with Gasteiger partial charge in [0.25, 0.3) is 5.91 Å². The Bertz CT molecular complexity index is 1110. The molecule has 0 saturated carbocycles. The third-order valence-electron chi connectivity index (χ3n) is 7.10. The highest BCUT2D eigenvalue weighted by Crippen LogP contribution is 2.51. The number of thiazole rings is 1. The van der Waals surface area contributed by atoms with E-state index in [0.29, 0.717) is 31.1 Å². The molecule has 8 heteroatoms. The Kier molecular flexibility index (Phi) is 4.66. The Hall–Kier alpha value is -2.97. The van der Waals surface area contributed by atoms with Crippen molar-refractivity contribution in [2.45, 2.75) is 18.9 Å². The zero-order chi connectivity index (χ0) is 21.7. The van der Waals surface area contributed by atoms with Crippen LogP contribution in [0.1, 0.15) is 22.6 Å². The van der Waals surface area contributed by atoms with Gasteiger partial charge in [-0.15, -0.1) is 11.3 Å². The largest absolute Gasteiger partial charge is 0.468 e. The van der Waals surface area contributed by atoms with Crippen LogP contribution in [-0.2, 0) is 9.53 Å². The second kappa shape index (κ2) is 7.56. The van der Waals surface area contributed by atoms with Gasteiger partial charge in [-0.2, -0.15) is 0 Å². The van der Waals surface area contributed by atoms with E-state index in [9.17, 15) is 9.59 Å². The summed E-state index contributed by atoms with van der Waals surface area (Å²) < 4.78 is 5.89. The van der Waals surface area contributed by atoms with E-state index >= 15 is 0 Å². The quantitative estimate of drug-likeness (QED) is 0.712. The molecule has 3 aliphatic heterocycles. The van der Waals surface area contributed by atoms with Crippen molar-refractivity contribution in [3.63, 3.8) is 0 Å². The second-order valence-electron chi connectivity index (χ2n) is 8.75. The first kappa shape index (κ1) is 19.7. The second-order valence-corrected chi connectivity index (χ2v) is 9.64. The molecule has 2 unspecified atom stereocenters. The lowest BCUT2D eigenvalue weighted by Crippen LogP contribution is -2.52. The molecule has 4 heterocycles. The smallest absolute Gasteiger partial charge is 0.282 e. The van der Waals surface area contributed by atoms with Crippen LogP contribution >= 0.6 is 11.3 Å². The maximum atomic E-state index is 12.9. The molecule has 0 aromatic carbocycles. The van der Waals surface area contributed by atoms with Gasteiger partial charge in [-0.1, -0.05) is 30.4 Å². The molecule has 6 rings (SSSR count). The summed E-state index contributed by atoms with van der Waals surface area (Å²) in [5, 5.41) is 2.37. The first-order valence-electron chi connectivity index (χ1n) is 11.0. The molecule has 0 N–H and O–H groups in total. The topological polar surface area (TPSA) is 66.0 Å². The molecule has 1 aromatic heterocycles. The molecule has 2 saturated heterocycles. The molecule has 0 bridgehead atoms. The zero-order valence-corrected chi connectivity index (χ0v) is 18.5. The Balaban J connectivity index is 1.10. The van der Waals surface area contributed by atoms with E-state index in [-0.39, 0.29) is 23.3 Å². The highest BCUT2D eigenvalue weighted by Gasteiger charge is 2.44. The van der Waals surface area contributed by atoms with Crippen LogP contribution in [0.25, 0.3) is 0 Å². The van der Waals surface area contributed by atoms with Gasteiger partial charge in [-0.05, 0) is 6.42 Å². The van der Waals surface area contributed by atoms with Crippen molar-refractivity contribution in [1.82, 2.24) is 19.7 Å². The van der Waals surface area contributed by atoms with E-state index in [1.165, 1.54) is 11.3 Å². The lowest BCUT2D eigenvalue weighted by molar-refractivity contribution is -0.126. The van der Waals surface area contributed by atoms with E-state index in [2.05, 4.69) is 34.2 Å². The van der Waals surface area contributed by atoms with Gasteiger partial charge in [-0.25, -0.2) is 4.98 Å². The molecule has 2 amide bonds. The monoisotopic (exact) mass is 448 g/mol. The van der Waals surface area contributed by atoms with Crippen molar-refractivity contribution in [3.05, 3.63) is 76.3 Å². The summed E-state index contributed by atoms with van der Waals surface area (Å²) >= 11 is 1.38. The maximum absolute atomic E-state index is 12.9. The van der Waals surface area contributed by atoms with E-state index in [1.807, 2.05) is 33.6 Å². The number of aromatic nitrogens is 1. The van der Waals surface area contributed by atoms with Gasteiger partial charge in [0.2, 0.25) is 5.91 Å². The third-order valence-corrected chi connectivity index (χ3v) is 7.86. The molecule has 2 aliphatic carbocycles. The lowest BCUT2D eigenvalue weighted by atomic mass is 9.72. The van der Waals surface area contributed by atoms with Crippen molar-refractivity contribution >= 4 is 23.2 Å². The van der Waals surface area contributed by atoms with Gasteiger partial charge in [-0.3, -0.25) is 14.5 Å². The Morgan fingerprint density at radius 3 is 2.91 bits per heavy atom. The number of hydrogen-bond acceptors (Lipinski definition) is 6. The van der Waals surface area contributed by atoms with E-state index < -0.39 is 0 Å². The van der Waals surface area contributed by atoms with Crippen LogP contribution in [0.15, 0.2) is 71.3 Å². The highest BCUT2D eigenvalue weighted by molar-refractivity contribution is 7.11. The molecular weight excluding hydrogens is 424 g/mol. The van der Waals surface area contributed by atoms with Gasteiger partial charge in [0.1, 0.15) is 5.76 Å². The van der Waals surface area contributed by atoms with Crippen LogP contribution in [0.4, 0.5) is 0 Å². The predicted octanol–water partition coefficient (Wildman–Crippen LogP) is 2.70. The zero-order valence-electron chi connectivity index (χ0n) is 17.6. The number of carbonyl (C=O) groups excluding carboxylic acids is 2.